The molecule has 0 unspecified atom stereocenters. The third kappa shape index (κ3) is 4.23. The minimum absolute atomic E-state index is 0.0183. The molecule has 0 atom stereocenters. The summed E-state index contributed by atoms with van der Waals surface area (Å²) in [5.74, 6) is -0.159. The number of para-hydroxylation sites is 2. The second-order valence-electron chi connectivity index (χ2n) is 4.51. The Hall–Kier alpha value is -2.06. The number of carbonyl (C=O) groups is 1. The minimum atomic E-state index is -4.14. The van der Waals surface area contributed by atoms with Crippen LogP contribution in [0.5, 0.6) is 11.5 Å². The summed E-state index contributed by atoms with van der Waals surface area (Å²) in [6.45, 7) is 1.32. The molecule has 6 nitrogen and oxygen atoms in total. The number of carbonyl (C=O) groups excluding carboxylic acids is 1. The molecule has 23 heavy (non-hydrogen) atoms. The van der Waals surface area contributed by atoms with Gasteiger partial charge >= 0.3 is 10.1 Å². The Morgan fingerprint density at radius 2 is 1.83 bits per heavy atom. The maximum Gasteiger partial charge on any atom is 0.343 e. The predicted octanol–water partition coefficient (Wildman–Crippen LogP) is 3.18. The molecule has 2 aromatic rings. The van der Waals surface area contributed by atoms with Crippen LogP contribution in [-0.2, 0) is 14.9 Å². The summed E-state index contributed by atoms with van der Waals surface area (Å²) in [6.07, 6.45) is 0. The van der Waals surface area contributed by atoms with Gasteiger partial charge in [-0.15, -0.1) is 0 Å². The van der Waals surface area contributed by atoms with Gasteiger partial charge in [0.25, 0.3) is 0 Å². The molecule has 1 amide bonds. The standard InChI is InChI=1S/C15H14BrNO5S/c1-10(18)17-12-5-3-4-6-13(12)22-23(19,20)15-9-11(16)7-8-14(15)21-2/h3-9H,1-2H3,(H,17,18). The highest BCUT2D eigenvalue weighted by molar-refractivity contribution is 9.10. The third-order valence-corrected chi connectivity index (χ3v) is 4.54. The van der Waals surface area contributed by atoms with Crippen molar-refractivity contribution < 1.29 is 22.1 Å². The van der Waals surface area contributed by atoms with Gasteiger partial charge in [-0.25, -0.2) is 0 Å². The highest BCUT2D eigenvalue weighted by Gasteiger charge is 2.23. The molecular formula is C15H14BrNO5S. The zero-order valence-corrected chi connectivity index (χ0v) is 14.8. The Kier molecular flexibility index (Phi) is 5.27. The Bertz CT molecular complexity index is 836. The molecule has 0 aliphatic heterocycles. The molecule has 0 saturated carbocycles. The van der Waals surface area contributed by atoms with Crippen LogP contribution in [0.3, 0.4) is 0 Å². The molecular weight excluding hydrogens is 386 g/mol. The van der Waals surface area contributed by atoms with Gasteiger partial charge in [0.05, 0.1) is 12.8 Å². The molecule has 0 spiro atoms. The summed E-state index contributed by atoms with van der Waals surface area (Å²) in [4.78, 5) is 11.1. The first-order chi connectivity index (χ1) is 10.8. The molecule has 2 rings (SSSR count). The number of nitrogens with one attached hydrogen (secondary N) is 1. The summed E-state index contributed by atoms with van der Waals surface area (Å²) in [5.41, 5.74) is 0.262. The zero-order valence-electron chi connectivity index (χ0n) is 12.4. The van der Waals surface area contributed by atoms with E-state index in [1.54, 1.807) is 24.3 Å². The van der Waals surface area contributed by atoms with Crippen LogP contribution in [0.25, 0.3) is 0 Å². The zero-order chi connectivity index (χ0) is 17.0. The smallest absolute Gasteiger partial charge is 0.343 e. The fourth-order valence-electron chi connectivity index (χ4n) is 1.84. The van der Waals surface area contributed by atoms with Crippen molar-refractivity contribution in [1.29, 1.82) is 0 Å². The largest absolute Gasteiger partial charge is 0.495 e. The number of hydrogen-bond donors (Lipinski definition) is 1. The van der Waals surface area contributed by atoms with Crippen LogP contribution in [0, 0.1) is 0 Å². The SMILES string of the molecule is COc1ccc(Br)cc1S(=O)(=O)Oc1ccccc1NC(C)=O. The van der Waals surface area contributed by atoms with Gasteiger partial charge in [0.2, 0.25) is 5.91 Å². The van der Waals surface area contributed by atoms with Crippen LogP contribution in [0.2, 0.25) is 0 Å². The molecule has 0 saturated heterocycles. The van der Waals surface area contributed by atoms with Crippen molar-refractivity contribution in [2.45, 2.75) is 11.8 Å². The average molecular weight is 400 g/mol. The van der Waals surface area contributed by atoms with Crippen LogP contribution in [0.4, 0.5) is 5.69 Å². The quantitative estimate of drug-likeness (QED) is 0.780. The number of benzene rings is 2. The molecule has 0 aromatic heterocycles. The molecule has 1 N–H and O–H groups in total. The van der Waals surface area contributed by atoms with E-state index in [2.05, 4.69) is 21.2 Å². The van der Waals surface area contributed by atoms with Gasteiger partial charge in [-0.05, 0) is 30.3 Å². The predicted molar refractivity (Wildman–Crippen MR) is 89.3 cm³/mol. The molecule has 0 fully saturated rings. The second-order valence-corrected chi connectivity index (χ2v) is 6.94. The van der Waals surface area contributed by atoms with Gasteiger partial charge in [-0.2, -0.15) is 8.42 Å². The van der Waals surface area contributed by atoms with E-state index in [9.17, 15) is 13.2 Å². The number of hydrogen-bond acceptors (Lipinski definition) is 5. The molecule has 0 bridgehead atoms. The van der Waals surface area contributed by atoms with E-state index in [1.807, 2.05) is 0 Å². The van der Waals surface area contributed by atoms with E-state index in [1.165, 1.54) is 32.2 Å². The maximum absolute atomic E-state index is 12.5. The van der Waals surface area contributed by atoms with Crippen molar-refractivity contribution in [1.82, 2.24) is 0 Å². The van der Waals surface area contributed by atoms with Crippen molar-refractivity contribution in [3.8, 4) is 11.5 Å². The third-order valence-electron chi connectivity index (χ3n) is 2.79. The highest BCUT2D eigenvalue weighted by Crippen LogP contribution is 2.32. The number of amides is 1. The summed E-state index contributed by atoms with van der Waals surface area (Å²) in [7, 11) is -2.77. The molecule has 122 valence electrons. The highest BCUT2D eigenvalue weighted by atomic mass is 79.9. The number of halogens is 1. The molecule has 8 heteroatoms. The lowest BCUT2D eigenvalue weighted by Crippen LogP contribution is -2.14. The Morgan fingerprint density at radius 3 is 2.48 bits per heavy atom. The van der Waals surface area contributed by atoms with Gasteiger partial charge in [0.15, 0.2) is 5.75 Å². The van der Waals surface area contributed by atoms with Crippen molar-refractivity contribution in [2.75, 3.05) is 12.4 Å². The van der Waals surface area contributed by atoms with Crippen molar-refractivity contribution in [2.24, 2.45) is 0 Å². The fourth-order valence-corrected chi connectivity index (χ4v) is 3.49. The van der Waals surface area contributed by atoms with Crippen LogP contribution in [0.15, 0.2) is 51.8 Å². The van der Waals surface area contributed by atoms with E-state index in [-0.39, 0.29) is 28.0 Å². The normalized spacial score (nSPS) is 10.9. The minimum Gasteiger partial charge on any atom is -0.495 e. The van der Waals surface area contributed by atoms with Gasteiger partial charge in [-0.3, -0.25) is 4.79 Å². The van der Waals surface area contributed by atoms with E-state index in [4.69, 9.17) is 8.92 Å². The summed E-state index contributed by atoms with van der Waals surface area (Å²) < 4.78 is 35.9. The lowest BCUT2D eigenvalue weighted by atomic mass is 10.3. The second kappa shape index (κ2) is 7.01. The molecule has 0 radical (unpaired) electrons. The Balaban J connectivity index is 2.44. The summed E-state index contributed by atoms with van der Waals surface area (Å²) in [6, 6.07) is 10.8. The Labute approximate surface area is 142 Å². The number of anilines is 1. The summed E-state index contributed by atoms with van der Waals surface area (Å²) in [5, 5.41) is 2.52. The molecule has 2 aromatic carbocycles. The first-order valence-electron chi connectivity index (χ1n) is 6.48. The van der Waals surface area contributed by atoms with Crippen molar-refractivity contribution in [3.63, 3.8) is 0 Å². The van der Waals surface area contributed by atoms with Crippen LogP contribution >= 0.6 is 15.9 Å². The first-order valence-corrected chi connectivity index (χ1v) is 8.68. The number of rotatable bonds is 5. The average Bonchev–Trinajstić information content (AvgIpc) is 2.48. The topological polar surface area (TPSA) is 81.7 Å². The molecule has 0 aliphatic carbocycles. The van der Waals surface area contributed by atoms with Crippen LogP contribution < -0.4 is 14.2 Å². The monoisotopic (exact) mass is 399 g/mol. The lowest BCUT2D eigenvalue weighted by molar-refractivity contribution is -0.114. The van der Waals surface area contributed by atoms with Crippen molar-refractivity contribution in [3.05, 3.63) is 46.9 Å². The van der Waals surface area contributed by atoms with Crippen molar-refractivity contribution >= 4 is 37.6 Å². The fraction of sp³-hybridized carbons (Fsp3) is 0.133. The molecule has 0 heterocycles. The first kappa shape index (κ1) is 17.3. The van der Waals surface area contributed by atoms with Crippen LogP contribution in [-0.4, -0.2) is 21.4 Å². The van der Waals surface area contributed by atoms with Gasteiger partial charge < -0.3 is 14.2 Å². The van der Waals surface area contributed by atoms with Gasteiger partial charge in [-0.1, -0.05) is 28.1 Å². The number of ether oxygens (including phenoxy) is 1. The van der Waals surface area contributed by atoms with Gasteiger partial charge in [0, 0.05) is 11.4 Å². The van der Waals surface area contributed by atoms with E-state index < -0.39 is 10.1 Å². The van der Waals surface area contributed by atoms with E-state index >= 15 is 0 Å². The summed E-state index contributed by atoms with van der Waals surface area (Å²) >= 11 is 3.22. The van der Waals surface area contributed by atoms with Gasteiger partial charge in [0.1, 0.15) is 10.6 Å². The van der Waals surface area contributed by atoms with E-state index in [0.717, 1.165) is 0 Å². The lowest BCUT2D eigenvalue weighted by Gasteiger charge is -2.13. The number of methoxy groups -OCH3 is 1. The Morgan fingerprint density at radius 1 is 1.13 bits per heavy atom. The maximum atomic E-state index is 12.5. The van der Waals surface area contributed by atoms with Crippen LogP contribution in [0.1, 0.15) is 6.92 Å². The van der Waals surface area contributed by atoms with E-state index in [0.29, 0.717) is 4.47 Å². The molecule has 0 aliphatic rings.